The van der Waals surface area contributed by atoms with E-state index in [0.29, 0.717) is 24.4 Å². The van der Waals surface area contributed by atoms with Gasteiger partial charge in [-0.25, -0.2) is 0 Å². The summed E-state index contributed by atoms with van der Waals surface area (Å²) >= 11 is 5.19. The topological polar surface area (TPSA) is 21.7 Å². The van der Waals surface area contributed by atoms with Gasteiger partial charge in [0.1, 0.15) is 0 Å². The van der Waals surface area contributed by atoms with Crippen molar-refractivity contribution >= 4 is 23.5 Å². The van der Waals surface area contributed by atoms with E-state index in [-0.39, 0.29) is 0 Å². The van der Waals surface area contributed by atoms with Crippen molar-refractivity contribution in [2.45, 2.75) is 237 Å². The monoisotopic (exact) mass is 762 g/mol. The summed E-state index contributed by atoms with van der Waals surface area (Å²) in [5.41, 5.74) is 0. The first-order valence-electron chi connectivity index (χ1n) is 24.7. The zero-order valence-electron chi connectivity index (χ0n) is 33.3. The molecule has 0 N–H and O–H groups in total. The minimum Gasteiger partial charge on any atom is -0.374 e. The molecule has 0 bridgehead atoms. The summed E-state index contributed by atoms with van der Waals surface area (Å²) in [5.74, 6) is 9.48. The lowest BCUT2D eigenvalue weighted by Gasteiger charge is -2.54. The van der Waals surface area contributed by atoms with E-state index in [9.17, 15) is 0 Å². The third kappa shape index (κ3) is 5.93. The number of thioether (sulfide) groups is 2. The van der Waals surface area contributed by atoms with Crippen molar-refractivity contribution in [3.05, 3.63) is 0 Å². The van der Waals surface area contributed by atoms with Crippen LogP contribution in [0.3, 0.4) is 0 Å². The van der Waals surface area contributed by atoms with E-state index in [2.05, 4.69) is 28.4 Å². The van der Waals surface area contributed by atoms with Crippen molar-refractivity contribution in [2.75, 3.05) is 0 Å². The molecule has 8 saturated carbocycles. The standard InChI is InChI=1S/C48H75NO2S2/c1-4-19-40-31(10-1)33-14-7-13-30(45(33)51-40)28-22-24-29(25-23-28)49(38-17-8-15-34-32-11-3-6-21-43(32)52-46(34)38)39-18-9-16-35-36-26-27-42-44(48(36)53-47(35)39)37-12-2-5-20-41(37)50-42/h28-48H,1-27H2. The van der Waals surface area contributed by atoms with Gasteiger partial charge in [-0.1, -0.05) is 57.8 Å². The van der Waals surface area contributed by atoms with Gasteiger partial charge in [0.15, 0.2) is 0 Å². The molecule has 0 aromatic carbocycles. The van der Waals surface area contributed by atoms with E-state index < -0.39 is 0 Å². The van der Waals surface area contributed by atoms with Crippen LogP contribution in [0.4, 0.5) is 0 Å². The normalized spacial score (nSPS) is 57.3. The largest absolute Gasteiger partial charge is 0.374 e. The van der Waals surface area contributed by atoms with E-state index in [1.165, 1.54) is 154 Å². The Balaban J connectivity index is 0.824. The first-order chi connectivity index (χ1) is 26.3. The Morgan fingerprint density at radius 2 is 0.943 bits per heavy atom. The van der Waals surface area contributed by atoms with Crippen molar-refractivity contribution in [1.29, 1.82) is 0 Å². The summed E-state index contributed by atoms with van der Waals surface area (Å²) in [6, 6.07) is 2.56. The van der Waals surface area contributed by atoms with E-state index >= 15 is 0 Å². The van der Waals surface area contributed by atoms with Crippen LogP contribution in [0.2, 0.25) is 0 Å². The number of hydrogen-bond donors (Lipinski definition) is 0. The highest BCUT2D eigenvalue weighted by molar-refractivity contribution is 8.01. The average Bonchev–Trinajstić information content (AvgIpc) is 3.98. The Morgan fingerprint density at radius 3 is 1.75 bits per heavy atom. The van der Waals surface area contributed by atoms with Gasteiger partial charge in [-0.15, -0.1) is 0 Å². The molecule has 8 aliphatic carbocycles. The maximum atomic E-state index is 7.13. The van der Waals surface area contributed by atoms with Crippen molar-refractivity contribution in [3.8, 4) is 0 Å². The SMILES string of the molecule is C1CCC2C(C1)OC1C(C3CCC(N(C4CCCC5C6CCCCC6SC54)C4CCCC5C6CCC7OC8CCCCC8C7C6SC54)CC3)CCCC21. The maximum absolute atomic E-state index is 7.13. The minimum atomic E-state index is 0.603. The summed E-state index contributed by atoms with van der Waals surface area (Å²) in [6.45, 7) is 0. The molecule has 0 aromatic heterocycles. The fourth-order valence-electron chi connectivity index (χ4n) is 18.0. The van der Waals surface area contributed by atoms with Gasteiger partial charge in [0.25, 0.3) is 0 Å². The zero-order chi connectivity index (χ0) is 34.6. The zero-order valence-corrected chi connectivity index (χ0v) is 34.9. The van der Waals surface area contributed by atoms with Gasteiger partial charge in [-0.3, -0.25) is 4.90 Å². The van der Waals surface area contributed by atoms with Crippen LogP contribution in [0.25, 0.3) is 0 Å². The third-order valence-electron chi connectivity index (χ3n) is 19.9. The summed E-state index contributed by atoms with van der Waals surface area (Å²) in [7, 11) is 0. The molecule has 19 unspecified atom stereocenters. The lowest BCUT2D eigenvalue weighted by atomic mass is 9.64. The maximum Gasteiger partial charge on any atom is 0.0641 e. The number of hydrogen-bond acceptors (Lipinski definition) is 5. The number of ether oxygens (including phenoxy) is 2. The molecule has 0 spiro atoms. The van der Waals surface area contributed by atoms with Gasteiger partial charge in [-0.05, 0) is 169 Å². The lowest BCUT2D eigenvalue weighted by molar-refractivity contribution is -0.0565. The highest BCUT2D eigenvalue weighted by Gasteiger charge is 2.61. The molecule has 0 amide bonds. The van der Waals surface area contributed by atoms with Crippen LogP contribution >= 0.6 is 23.5 Å². The second kappa shape index (κ2) is 14.7. The molecule has 12 aliphatic rings. The van der Waals surface area contributed by atoms with Gasteiger partial charge in [0.2, 0.25) is 0 Å². The third-order valence-corrected chi connectivity index (χ3v) is 23.7. The van der Waals surface area contributed by atoms with Crippen molar-refractivity contribution in [2.24, 2.45) is 59.2 Å². The highest BCUT2D eigenvalue weighted by Crippen LogP contribution is 2.64. The summed E-state index contributed by atoms with van der Waals surface area (Å²) < 4.78 is 14.1. The van der Waals surface area contributed by atoms with Gasteiger partial charge in [0.05, 0.1) is 24.4 Å². The van der Waals surface area contributed by atoms with Crippen LogP contribution in [0.1, 0.15) is 173 Å². The lowest BCUT2D eigenvalue weighted by Crippen LogP contribution is -2.60. The molecule has 53 heavy (non-hydrogen) atoms. The van der Waals surface area contributed by atoms with Gasteiger partial charge in [0, 0.05) is 45.0 Å². The second-order valence-electron chi connectivity index (χ2n) is 21.8. The Morgan fingerprint density at radius 1 is 0.358 bits per heavy atom. The smallest absolute Gasteiger partial charge is 0.0641 e. The minimum absolute atomic E-state index is 0.603. The van der Waals surface area contributed by atoms with E-state index in [4.69, 9.17) is 9.47 Å². The molecule has 4 aliphatic heterocycles. The van der Waals surface area contributed by atoms with E-state index in [1.807, 2.05) is 0 Å². The molecule has 3 nitrogen and oxygen atoms in total. The van der Waals surface area contributed by atoms with Gasteiger partial charge >= 0.3 is 0 Å². The highest BCUT2D eigenvalue weighted by atomic mass is 32.2. The van der Waals surface area contributed by atoms with Crippen molar-refractivity contribution < 1.29 is 9.47 Å². The van der Waals surface area contributed by atoms with Crippen LogP contribution in [-0.4, -0.2) is 68.4 Å². The Bertz CT molecular complexity index is 1300. The summed E-state index contributed by atoms with van der Waals surface area (Å²) in [5, 5.41) is 3.75. The van der Waals surface area contributed by atoms with Crippen LogP contribution in [0, 0.1) is 59.2 Å². The summed E-state index contributed by atoms with van der Waals surface area (Å²) in [6.07, 6.45) is 42.6. The van der Waals surface area contributed by atoms with E-state index in [0.717, 1.165) is 98.3 Å². The molecule has 12 fully saturated rings. The predicted molar refractivity (Wildman–Crippen MR) is 220 cm³/mol. The summed E-state index contributed by atoms with van der Waals surface area (Å²) in [4.78, 5) is 3.48. The van der Waals surface area contributed by atoms with Crippen molar-refractivity contribution in [3.63, 3.8) is 0 Å². The molecule has 296 valence electrons. The second-order valence-corrected chi connectivity index (χ2v) is 24.6. The van der Waals surface area contributed by atoms with E-state index in [1.54, 1.807) is 19.3 Å². The quantitative estimate of drug-likeness (QED) is 0.284. The predicted octanol–water partition coefficient (Wildman–Crippen LogP) is 11.7. The Kier molecular flexibility index (Phi) is 9.85. The molecular formula is C48H75NO2S2. The molecule has 12 rings (SSSR count). The van der Waals surface area contributed by atoms with Crippen LogP contribution in [-0.2, 0) is 9.47 Å². The molecule has 4 heterocycles. The molecular weight excluding hydrogens is 687 g/mol. The van der Waals surface area contributed by atoms with Crippen LogP contribution in [0.5, 0.6) is 0 Å². The molecule has 0 aromatic rings. The first-order valence-corrected chi connectivity index (χ1v) is 26.6. The number of fused-ring (bicyclic) bond motifs is 13. The number of rotatable bonds is 4. The number of nitrogens with zero attached hydrogens (tertiary/aromatic N) is 1. The average molecular weight is 762 g/mol. The first kappa shape index (κ1) is 35.5. The molecule has 19 atom stereocenters. The molecule has 0 radical (unpaired) electrons. The van der Waals surface area contributed by atoms with Crippen molar-refractivity contribution in [1.82, 2.24) is 4.90 Å². The van der Waals surface area contributed by atoms with Crippen LogP contribution < -0.4 is 0 Å². The molecule has 5 heteroatoms. The fourth-order valence-corrected chi connectivity index (χ4v) is 22.7. The Hall–Kier alpha value is 0.580. The fraction of sp³-hybridized carbons (Fsp3) is 1.00. The van der Waals surface area contributed by atoms with Crippen LogP contribution in [0.15, 0.2) is 0 Å². The Labute approximate surface area is 332 Å². The van der Waals surface area contributed by atoms with Gasteiger partial charge in [-0.2, -0.15) is 23.5 Å². The van der Waals surface area contributed by atoms with Gasteiger partial charge < -0.3 is 9.47 Å². The molecule has 4 saturated heterocycles.